The molecule has 2 aromatic rings. The molecule has 0 fully saturated rings. The Morgan fingerprint density at radius 2 is 1.86 bits per heavy atom. The van der Waals surface area contributed by atoms with Gasteiger partial charge >= 0.3 is 12.1 Å². The van der Waals surface area contributed by atoms with Gasteiger partial charge in [0.25, 0.3) is 0 Å². The Balaban J connectivity index is 1.94. The normalized spacial score (nSPS) is 16.6. The number of carbonyl (C=O) groups excluding carboxylic acids is 3. The van der Waals surface area contributed by atoms with Crippen molar-refractivity contribution in [2.75, 3.05) is 6.61 Å². The number of esters is 1. The zero-order chi connectivity index (χ0) is 20.6. The van der Waals surface area contributed by atoms with E-state index in [4.69, 9.17) is 4.74 Å². The van der Waals surface area contributed by atoms with Crippen molar-refractivity contribution in [2.24, 2.45) is 5.92 Å². The first-order valence-electron chi connectivity index (χ1n) is 8.79. The number of Topliss-reactive ketones (excluding diaryl/α,β-unsaturated/α-hetero) is 2. The van der Waals surface area contributed by atoms with Gasteiger partial charge < -0.3 is 9.30 Å². The SMILES string of the molecule is CCOC(=O)c1ccc(-n2c(C)cc3c2CCC(C(=O)C(F)(F)F)C3=O)cc1. The second kappa shape index (κ2) is 7.26. The molecule has 0 radical (unpaired) electrons. The molecule has 1 aromatic heterocycles. The Morgan fingerprint density at radius 3 is 2.43 bits per heavy atom. The number of halogens is 3. The van der Waals surface area contributed by atoms with Gasteiger partial charge in [-0.25, -0.2) is 4.79 Å². The minimum atomic E-state index is -5.03. The summed E-state index contributed by atoms with van der Waals surface area (Å²) in [5.41, 5.74) is 2.40. The lowest BCUT2D eigenvalue weighted by atomic mass is 9.83. The van der Waals surface area contributed by atoms with E-state index in [0.717, 1.165) is 0 Å². The van der Waals surface area contributed by atoms with E-state index in [9.17, 15) is 27.6 Å². The van der Waals surface area contributed by atoms with Crippen LogP contribution in [0, 0.1) is 12.8 Å². The van der Waals surface area contributed by atoms with Gasteiger partial charge in [0.05, 0.1) is 18.1 Å². The molecule has 0 bridgehead atoms. The first-order chi connectivity index (χ1) is 13.1. The summed E-state index contributed by atoms with van der Waals surface area (Å²) in [5, 5.41) is 0. The number of hydrogen-bond acceptors (Lipinski definition) is 4. The van der Waals surface area contributed by atoms with Gasteiger partial charge in [-0.05, 0) is 57.0 Å². The fourth-order valence-electron chi connectivity index (χ4n) is 3.52. The first-order valence-corrected chi connectivity index (χ1v) is 8.79. The topological polar surface area (TPSA) is 65.4 Å². The molecule has 0 amide bonds. The van der Waals surface area contributed by atoms with E-state index < -0.39 is 29.6 Å². The number of rotatable bonds is 4. The highest BCUT2D eigenvalue weighted by Crippen LogP contribution is 2.34. The lowest BCUT2D eigenvalue weighted by Gasteiger charge is -2.23. The molecule has 1 aromatic carbocycles. The minimum absolute atomic E-state index is 0.140. The maximum atomic E-state index is 12.7. The number of benzene rings is 1. The van der Waals surface area contributed by atoms with Crippen LogP contribution < -0.4 is 0 Å². The van der Waals surface area contributed by atoms with Gasteiger partial charge in [-0.1, -0.05) is 0 Å². The van der Waals surface area contributed by atoms with E-state index in [-0.39, 0.29) is 25.0 Å². The van der Waals surface area contributed by atoms with E-state index in [0.29, 0.717) is 22.6 Å². The Morgan fingerprint density at radius 1 is 1.21 bits per heavy atom. The van der Waals surface area contributed by atoms with Crippen molar-refractivity contribution in [3.63, 3.8) is 0 Å². The highest BCUT2D eigenvalue weighted by molar-refractivity contribution is 6.13. The van der Waals surface area contributed by atoms with E-state index in [1.54, 1.807) is 42.7 Å². The largest absolute Gasteiger partial charge is 0.462 e. The van der Waals surface area contributed by atoms with Crippen LogP contribution in [0.3, 0.4) is 0 Å². The van der Waals surface area contributed by atoms with Crippen molar-refractivity contribution < 1.29 is 32.3 Å². The van der Waals surface area contributed by atoms with Crippen LogP contribution in [-0.2, 0) is 16.0 Å². The van der Waals surface area contributed by atoms with Crippen LogP contribution in [0.1, 0.15) is 45.4 Å². The van der Waals surface area contributed by atoms with Crippen molar-refractivity contribution in [1.29, 1.82) is 0 Å². The van der Waals surface area contributed by atoms with Crippen LogP contribution in [0.2, 0.25) is 0 Å². The third-order valence-electron chi connectivity index (χ3n) is 4.77. The number of alkyl halides is 3. The van der Waals surface area contributed by atoms with E-state index in [1.165, 1.54) is 6.07 Å². The average molecular weight is 393 g/mol. The van der Waals surface area contributed by atoms with E-state index >= 15 is 0 Å². The summed E-state index contributed by atoms with van der Waals surface area (Å²) < 4.78 is 44.9. The number of fused-ring (bicyclic) bond motifs is 1. The molecule has 0 saturated heterocycles. The van der Waals surface area contributed by atoms with Crippen LogP contribution in [0.4, 0.5) is 13.2 Å². The van der Waals surface area contributed by atoms with Gasteiger partial charge in [0.15, 0.2) is 5.78 Å². The molecule has 5 nitrogen and oxygen atoms in total. The third kappa shape index (κ3) is 3.46. The molecular formula is C20H18F3NO4. The average Bonchev–Trinajstić information content (AvgIpc) is 2.98. The van der Waals surface area contributed by atoms with Crippen molar-refractivity contribution in [3.8, 4) is 5.69 Å². The second-order valence-electron chi connectivity index (χ2n) is 6.57. The number of aromatic nitrogens is 1. The maximum Gasteiger partial charge on any atom is 0.450 e. The van der Waals surface area contributed by atoms with Gasteiger partial charge in [-0.15, -0.1) is 0 Å². The number of nitrogens with zero attached hydrogens (tertiary/aromatic N) is 1. The fraction of sp³-hybridized carbons (Fsp3) is 0.350. The molecule has 1 unspecified atom stereocenters. The van der Waals surface area contributed by atoms with Crippen LogP contribution in [0.15, 0.2) is 30.3 Å². The standard InChI is InChI=1S/C20H18F3NO4/c1-3-28-19(27)12-4-6-13(7-5-12)24-11(2)10-15-16(24)9-8-14(17(15)25)18(26)20(21,22)23/h4-7,10,14H,3,8-9H2,1-2H3. The highest BCUT2D eigenvalue weighted by atomic mass is 19.4. The van der Waals surface area contributed by atoms with Gasteiger partial charge in [0, 0.05) is 22.6 Å². The van der Waals surface area contributed by atoms with E-state index in [2.05, 4.69) is 0 Å². The van der Waals surface area contributed by atoms with Gasteiger partial charge in [0.1, 0.15) is 0 Å². The van der Waals surface area contributed by atoms with Crippen LogP contribution >= 0.6 is 0 Å². The summed E-state index contributed by atoms with van der Waals surface area (Å²) in [6, 6.07) is 8.03. The van der Waals surface area contributed by atoms with Gasteiger partial charge in [0.2, 0.25) is 5.78 Å². The number of aryl methyl sites for hydroxylation is 1. The predicted octanol–water partition coefficient (Wildman–Crippen LogP) is 3.84. The molecule has 1 aliphatic rings. The number of ether oxygens (including phenoxy) is 1. The number of ketones is 2. The molecule has 0 saturated carbocycles. The Kier molecular flexibility index (Phi) is 5.14. The second-order valence-corrected chi connectivity index (χ2v) is 6.57. The van der Waals surface area contributed by atoms with Crippen molar-refractivity contribution in [3.05, 3.63) is 52.8 Å². The molecule has 28 heavy (non-hydrogen) atoms. The van der Waals surface area contributed by atoms with Crippen molar-refractivity contribution >= 4 is 17.5 Å². The summed E-state index contributed by atoms with van der Waals surface area (Å²) >= 11 is 0. The summed E-state index contributed by atoms with van der Waals surface area (Å²) in [7, 11) is 0. The number of hydrogen-bond donors (Lipinski definition) is 0. The molecular weight excluding hydrogens is 375 g/mol. The fourth-order valence-corrected chi connectivity index (χ4v) is 3.52. The summed E-state index contributed by atoms with van der Waals surface area (Å²) in [5.74, 6) is -4.93. The van der Waals surface area contributed by atoms with Gasteiger partial charge in [-0.3, -0.25) is 9.59 Å². The summed E-state index contributed by atoms with van der Waals surface area (Å²) in [4.78, 5) is 35.8. The molecule has 3 rings (SSSR count). The molecule has 8 heteroatoms. The maximum absolute atomic E-state index is 12.7. The Bertz CT molecular complexity index is 942. The van der Waals surface area contributed by atoms with Crippen LogP contribution in [0.5, 0.6) is 0 Å². The lowest BCUT2D eigenvalue weighted by Crippen LogP contribution is -2.38. The monoisotopic (exact) mass is 393 g/mol. The summed E-state index contributed by atoms with van der Waals surface area (Å²) in [6.45, 7) is 3.69. The van der Waals surface area contributed by atoms with Crippen molar-refractivity contribution in [2.45, 2.75) is 32.9 Å². The van der Waals surface area contributed by atoms with Gasteiger partial charge in [-0.2, -0.15) is 13.2 Å². The smallest absolute Gasteiger partial charge is 0.450 e. The highest BCUT2D eigenvalue weighted by Gasteiger charge is 2.48. The third-order valence-corrected chi connectivity index (χ3v) is 4.77. The van der Waals surface area contributed by atoms with E-state index in [1.807, 2.05) is 0 Å². The molecule has 1 aliphatic carbocycles. The lowest BCUT2D eigenvalue weighted by molar-refractivity contribution is -0.174. The Hall–Kier alpha value is -2.90. The molecule has 1 atom stereocenters. The molecule has 0 aliphatic heterocycles. The predicted molar refractivity (Wildman–Crippen MR) is 93.7 cm³/mol. The zero-order valence-electron chi connectivity index (χ0n) is 15.3. The molecule has 0 N–H and O–H groups in total. The number of carbonyl (C=O) groups is 3. The Labute approximate surface area is 159 Å². The molecule has 1 heterocycles. The van der Waals surface area contributed by atoms with Crippen LogP contribution in [0.25, 0.3) is 5.69 Å². The zero-order valence-corrected chi connectivity index (χ0v) is 15.3. The molecule has 0 spiro atoms. The molecule has 148 valence electrons. The van der Waals surface area contributed by atoms with Crippen LogP contribution in [-0.4, -0.2) is 34.9 Å². The van der Waals surface area contributed by atoms with Crippen molar-refractivity contribution in [1.82, 2.24) is 4.57 Å². The minimum Gasteiger partial charge on any atom is -0.462 e. The first kappa shape index (κ1) is 19.9. The quantitative estimate of drug-likeness (QED) is 0.585. The summed E-state index contributed by atoms with van der Waals surface area (Å²) in [6.07, 6.45) is -5.05.